The van der Waals surface area contributed by atoms with Gasteiger partial charge in [-0.2, -0.15) is 0 Å². The number of sulfone groups is 1. The third-order valence-corrected chi connectivity index (χ3v) is 7.42. The van der Waals surface area contributed by atoms with E-state index in [1.54, 1.807) is 20.8 Å². The monoisotopic (exact) mass is 346 g/mol. The number of aromatic nitrogens is 1. The molecule has 1 rings (SSSR count). The molecule has 22 heavy (non-hydrogen) atoms. The van der Waals surface area contributed by atoms with Crippen LogP contribution in [-0.2, 0) is 20.0 Å². The number of carbonyl (C=O) groups is 1. The summed E-state index contributed by atoms with van der Waals surface area (Å²) < 4.78 is 22.6. The van der Waals surface area contributed by atoms with Gasteiger partial charge in [0.2, 0.25) is 5.91 Å². The molecule has 1 heterocycles. The summed E-state index contributed by atoms with van der Waals surface area (Å²) in [4.78, 5) is 16.8. The fourth-order valence-electron chi connectivity index (χ4n) is 1.81. The molecule has 1 aromatic rings. The van der Waals surface area contributed by atoms with Crippen LogP contribution in [0.5, 0.6) is 0 Å². The van der Waals surface area contributed by atoms with E-state index in [0.29, 0.717) is 5.13 Å². The van der Waals surface area contributed by atoms with Crippen molar-refractivity contribution in [1.82, 2.24) is 4.98 Å². The number of hydrogen-bond donors (Lipinski definition) is 1. The van der Waals surface area contributed by atoms with E-state index in [4.69, 9.17) is 0 Å². The van der Waals surface area contributed by atoms with Crippen LogP contribution in [0.25, 0.3) is 0 Å². The Labute approximate surface area is 137 Å². The number of amides is 1. The molecule has 0 bridgehead atoms. The molecular weight excluding hydrogens is 320 g/mol. The lowest BCUT2D eigenvalue weighted by molar-refractivity contribution is -0.117. The number of rotatable bonds is 3. The van der Waals surface area contributed by atoms with E-state index >= 15 is 0 Å². The van der Waals surface area contributed by atoms with Crippen LogP contribution in [0.4, 0.5) is 5.13 Å². The smallest absolute Gasteiger partial charge is 0.247 e. The molecule has 126 valence electrons. The van der Waals surface area contributed by atoms with Gasteiger partial charge in [0.15, 0.2) is 15.0 Å². The lowest BCUT2D eigenvalue weighted by atomic mass is 9.93. The Balaban J connectivity index is 3.05. The fourth-order valence-corrected chi connectivity index (χ4v) is 4.57. The van der Waals surface area contributed by atoms with Gasteiger partial charge in [-0.1, -0.05) is 20.8 Å². The molecule has 1 amide bonds. The minimum Gasteiger partial charge on any atom is -0.301 e. The minimum absolute atomic E-state index is 0.119. The third kappa shape index (κ3) is 3.51. The van der Waals surface area contributed by atoms with Crippen molar-refractivity contribution in [2.45, 2.75) is 70.3 Å². The number of anilines is 1. The molecule has 0 aromatic carbocycles. The first-order valence-electron chi connectivity index (χ1n) is 7.12. The highest BCUT2D eigenvalue weighted by molar-refractivity contribution is 7.94. The summed E-state index contributed by atoms with van der Waals surface area (Å²) in [5, 5.41) is 4.94. The molecule has 1 aromatic heterocycles. The van der Waals surface area contributed by atoms with Gasteiger partial charge >= 0.3 is 0 Å². The topological polar surface area (TPSA) is 76.1 Å². The van der Waals surface area contributed by atoms with E-state index in [-0.39, 0.29) is 5.41 Å². The highest BCUT2D eigenvalue weighted by Gasteiger charge is 2.48. The molecule has 1 N–H and O–H groups in total. The van der Waals surface area contributed by atoms with Crippen molar-refractivity contribution < 1.29 is 13.2 Å². The second-order valence-electron chi connectivity index (χ2n) is 7.87. The van der Waals surface area contributed by atoms with Gasteiger partial charge in [-0.3, -0.25) is 4.79 Å². The Morgan fingerprint density at radius 3 is 1.95 bits per heavy atom. The fraction of sp³-hybridized carbons (Fsp3) is 0.733. The van der Waals surface area contributed by atoms with Crippen molar-refractivity contribution >= 4 is 32.2 Å². The van der Waals surface area contributed by atoms with E-state index in [2.05, 4.69) is 10.3 Å². The Kier molecular flexibility index (Phi) is 4.86. The van der Waals surface area contributed by atoms with Crippen molar-refractivity contribution in [3.05, 3.63) is 11.1 Å². The Morgan fingerprint density at radius 2 is 1.59 bits per heavy atom. The largest absolute Gasteiger partial charge is 0.301 e. The summed E-state index contributed by atoms with van der Waals surface area (Å²) >= 11 is 1.30. The van der Waals surface area contributed by atoms with E-state index in [0.717, 1.165) is 5.69 Å². The number of nitrogens with zero attached hydrogens (tertiary/aromatic N) is 1. The summed E-state index contributed by atoms with van der Waals surface area (Å²) in [6, 6.07) is 0. The van der Waals surface area contributed by atoms with Crippen LogP contribution in [0.2, 0.25) is 0 Å². The number of hydrogen-bond acceptors (Lipinski definition) is 5. The molecular formula is C15H26N2O3S2. The highest BCUT2D eigenvalue weighted by Crippen LogP contribution is 2.31. The first kappa shape index (κ1) is 19.1. The van der Waals surface area contributed by atoms with Crippen molar-refractivity contribution in [3.8, 4) is 0 Å². The molecule has 5 nitrogen and oxygen atoms in total. The quantitative estimate of drug-likeness (QED) is 0.910. The second-order valence-corrected chi connectivity index (χ2v) is 12.0. The Hall–Kier alpha value is -0.950. The predicted molar refractivity (Wildman–Crippen MR) is 92.2 cm³/mol. The van der Waals surface area contributed by atoms with Crippen molar-refractivity contribution in [2.24, 2.45) is 0 Å². The van der Waals surface area contributed by atoms with Gasteiger partial charge in [0.25, 0.3) is 0 Å². The standard InChI is InChI=1S/C15H26N2O3S2/c1-13(2,3)10-9-21-12(16-10)17-11(18)15(7,8)22(19,20)14(4,5)6/h9H,1-8H3,(H,16,17,18). The molecule has 0 aliphatic carbocycles. The summed E-state index contributed by atoms with van der Waals surface area (Å²) in [5.41, 5.74) is 0.747. The van der Waals surface area contributed by atoms with E-state index in [1.165, 1.54) is 25.2 Å². The van der Waals surface area contributed by atoms with E-state index in [1.807, 2.05) is 26.2 Å². The van der Waals surface area contributed by atoms with Crippen molar-refractivity contribution in [1.29, 1.82) is 0 Å². The normalized spacial score (nSPS) is 14.0. The first-order chi connectivity index (χ1) is 9.60. The van der Waals surface area contributed by atoms with E-state index in [9.17, 15) is 13.2 Å². The SMILES string of the molecule is CC(C)(C)c1csc(NC(=O)C(C)(C)S(=O)(=O)C(C)(C)C)n1. The van der Waals surface area contributed by atoms with Gasteiger partial charge in [0.05, 0.1) is 10.4 Å². The van der Waals surface area contributed by atoms with Gasteiger partial charge in [0.1, 0.15) is 4.75 Å². The summed E-state index contributed by atoms with van der Waals surface area (Å²) in [7, 11) is -3.65. The van der Waals surface area contributed by atoms with Crippen LogP contribution < -0.4 is 5.32 Å². The number of carbonyl (C=O) groups excluding carboxylic acids is 1. The van der Waals surface area contributed by atoms with Crippen molar-refractivity contribution in [2.75, 3.05) is 5.32 Å². The van der Waals surface area contributed by atoms with Gasteiger partial charge in [-0.05, 0) is 34.6 Å². The van der Waals surface area contributed by atoms with Gasteiger partial charge < -0.3 is 5.32 Å². The van der Waals surface area contributed by atoms with Crippen LogP contribution in [0.1, 0.15) is 61.1 Å². The minimum atomic E-state index is -3.65. The zero-order valence-electron chi connectivity index (χ0n) is 14.6. The average molecular weight is 347 g/mol. The molecule has 0 saturated carbocycles. The second kappa shape index (κ2) is 5.60. The predicted octanol–water partition coefficient (Wildman–Crippen LogP) is 3.37. The molecule has 0 unspecified atom stereocenters. The molecule has 0 fully saturated rings. The number of nitrogens with one attached hydrogen (secondary N) is 1. The van der Waals surface area contributed by atoms with Crippen LogP contribution in [0, 0.1) is 0 Å². The first-order valence-corrected chi connectivity index (χ1v) is 9.48. The maximum absolute atomic E-state index is 12.6. The molecule has 0 spiro atoms. The van der Waals surface area contributed by atoms with E-state index < -0.39 is 25.2 Å². The lowest BCUT2D eigenvalue weighted by Gasteiger charge is -2.31. The summed E-state index contributed by atoms with van der Waals surface area (Å²) in [6.07, 6.45) is 0. The zero-order chi connectivity index (χ0) is 17.6. The Morgan fingerprint density at radius 1 is 1.09 bits per heavy atom. The molecule has 0 saturated heterocycles. The van der Waals surface area contributed by atoms with Crippen LogP contribution in [0.15, 0.2) is 5.38 Å². The molecule has 0 radical (unpaired) electrons. The summed E-state index contributed by atoms with van der Waals surface area (Å²) in [6.45, 7) is 13.7. The molecule has 0 aliphatic heterocycles. The zero-order valence-corrected chi connectivity index (χ0v) is 16.2. The van der Waals surface area contributed by atoms with Crippen LogP contribution in [-0.4, -0.2) is 28.8 Å². The number of thiazole rings is 1. The van der Waals surface area contributed by atoms with Gasteiger partial charge in [-0.25, -0.2) is 13.4 Å². The van der Waals surface area contributed by atoms with Crippen LogP contribution >= 0.6 is 11.3 Å². The molecule has 0 aliphatic rings. The lowest BCUT2D eigenvalue weighted by Crippen LogP contribution is -2.51. The van der Waals surface area contributed by atoms with Crippen molar-refractivity contribution in [3.63, 3.8) is 0 Å². The maximum atomic E-state index is 12.6. The van der Waals surface area contributed by atoms with Crippen LogP contribution in [0.3, 0.4) is 0 Å². The molecule has 0 atom stereocenters. The van der Waals surface area contributed by atoms with Gasteiger partial charge in [0, 0.05) is 10.8 Å². The highest BCUT2D eigenvalue weighted by atomic mass is 32.2. The summed E-state index contributed by atoms with van der Waals surface area (Å²) in [5.74, 6) is -0.558. The molecule has 7 heteroatoms. The maximum Gasteiger partial charge on any atom is 0.247 e. The Bertz CT molecular complexity index is 660. The van der Waals surface area contributed by atoms with Gasteiger partial charge in [-0.15, -0.1) is 11.3 Å². The average Bonchev–Trinajstić information content (AvgIpc) is 2.75. The third-order valence-electron chi connectivity index (χ3n) is 3.52.